The van der Waals surface area contributed by atoms with Crippen LogP contribution < -0.4 is 0 Å². The van der Waals surface area contributed by atoms with Gasteiger partial charge in [0.1, 0.15) is 13.2 Å². The Morgan fingerprint density at radius 2 is 1.09 bits per heavy atom. The molecule has 0 saturated heterocycles. The molecule has 3 nitrogen and oxygen atoms in total. The second-order valence-corrected chi connectivity index (χ2v) is 7.83. The molecule has 0 radical (unpaired) electrons. The number of carbonyl (C=O) groups excluding carboxylic acids is 1. The number of quaternary nitrogens is 1. The van der Waals surface area contributed by atoms with E-state index in [2.05, 4.69) is 88.8 Å². The van der Waals surface area contributed by atoms with Crippen LogP contribution >= 0.6 is 0 Å². The monoisotopic (exact) mass is 448 g/mol. The van der Waals surface area contributed by atoms with Crippen LogP contribution in [0.3, 0.4) is 0 Å². The molecule has 0 aromatic carbocycles. The lowest BCUT2D eigenvalue weighted by atomic mass is 10.2. The molecule has 0 heterocycles. The van der Waals surface area contributed by atoms with Crippen molar-refractivity contribution >= 4 is 5.97 Å². The van der Waals surface area contributed by atoms with Gasteiger partial charge in [-0.2, -0.15) is 0 Å². The van der Waals surface area contributed by atoms with Gasteiger partial charge in [0.05, 0.1) is 21.1 Å². The molecule has 32 heavy (non-hydrogen) atoms. The molecule has 3 heteroatoms. The van der Waals surface area contributed by atoms with Crippen LogP contribution in [-0.2, 0) is 9.53 Å². The number of carbonyl (C=O) groups is 1. The van der Waals surface area contributed by atoms with Crippen molar-refractivity contribution in [2.75, 3.05) is 34.3 Å². The van der Waals surface area contributed by atoms with Gasteiger partial charge in [-0.15, -0.1) is 0 Å². The van der Waals surface area contributed by atoms with Crippen molar-refractivity contribution in [1.82, 2.24) is 0 Å². The van der Waals surface area contributed by atoms with E-state index in [1.165, 1.54) is 0 Å². The van der Waals surface area contributed by atoms with Gasteiger partial charge < -0.3 is 9.22 Å². The summed E-state index contributed by atoms with van der Waals surface area (Å²) in [6, 6.07) is 0. The van der Waals surface area contributed by atoms with Gasteiger partial charge in [-0.25, -0.2) is 0 Å². The molecule has 0 spiro atoms. The zero-order valence-electron chi connectivity index (χ0n) is 22.6. The summed E-state index contributed by atoms with van der Waals surface area (Å²) in [6.45, 7) is 11.5. The molecule has 0 amide bonds. The van der Waals surface area contributed by atoms with Crippen molar-refractivity contribution in [2.45, 2.75) is 86.0 Å². The number of rotatable bonds is 16. The molecule has 0 aliphatic rings. The van der Waals surface area contributed by atoms with E-state index in [0.717, 1.165) is 56.0 Å². The van der Waals surface area contributed by atoms with E-state index in [0.29, 0.717) is 13.0 Å². The fourth-order valence-electron chi connectivity index (χ4n) is 2.24. The fraction of sp³-hybridized carbons (Fsp3) is 0.621. The van der Waals surface area contributed by atoms with Crippen LogP contribution in [0.5, 0.6) is 0 Å². The Balaban J connectivity index is -0.00000198. The van der Waals surface area contributed by atoms with Crippen LogP contribution in [0.4, 0.5) is 0 Å². The van der Waals surface area contributed by atoms with Gasteiger partial charge in [0, 0.05) is 6.42 Å². The number of esters is 1. The van der Waals surface area contributed by atoms with Gasteiger partial charge in [0.25, 0.3) is 0 Å². The van der Waals surface area contributed by atoms with E-state index in [9.17, 15) is 4.79 Å². The first-order valence-corrected chi connectivity index (χ1v) is 12.7. The second-order valence-electron chi connectivity index (χ2n) is 7.83. The Bertz CT molecular complexity index is 520. The van der Waals surface area contributed by atoms with Crippen LogP contribution in [0.2, 0.25) is 0 Å². The highest BCUT2D eigenvalue weighted by Gasteiger charge is 2.08. The van der Waals surface area contributed by atoms with E-state index >= 15 is 0 Å². The van der Waals surface area contributed by atoms with Crippen molar-refractivity contribution in [2.24, 2.45) is 0 Å². The number of hydrogen-bond donors (Lipinski definition) is 0. The van der Waals surface area contributed by atoms with Gasteiger partial charge >= 0.3 is 5.97 Å². The molecule has 0 unspecified atom stereocenters. The minimum absolute atomic E-state index is 0.0826. The summed E-state index contributed by atoms with van der Waals surface area (Å²) in [5, 5.41) is 0. The molecule has 0 aromatic heterocycles. The van der Waals surface area contributed by atoms with Crippen LogP contribution in [0, 0.1) is 0 Å². The van der Waals surface area contributed by atoms with Gasteiger partial charge in [0.15, 0.2) is 0 Å². The molecule has 0 rings (SSSR count). The van der Waals surface area contributed by atoms with E-state index in [1.54, 1.807) is 0 Å². The average molecular weight is 449 g/mol. The standard InChI is InChI=1S/C25H42NO2.2C2H6/c1-5-6-7-8-9-10-11-12-13-14-15-16-17-18-19-20-21-22-25(27)28-24-23-26(2,3)4;2*1-2/h6-7,9-10,12-13,15-16,18-19H,5,8,11,14,17,20-24H2,1-4H3;2*1-2H3/q+1;;/b7-6-,10-9-,13-12-,16-15-,19-18-;;. The normalized spacial score (nSPS) is 11.9. The minimum Gasteiger partial charge on any atom is -0.460 e. The predicted molar refractivity (Wildman–Crippen MR) is 145 cm³/mol. The number of likely N-dealkylation sites (N-methyl/N-ethyl adjacent to an activating group) is 1. The first kappa shape index (κ1) is 34.7. The lowest BCUT2D eigenvalue weighted by Gasteiger charge is -2.23. The summed E-state index contributed by atoms with van der Waals surface area (Å²) in [4.78, 5) is 11.6. The molecule has 0 fully saturated rings. The minimum atomic E-state index is -0.0826. The third kappa shape index (κ3) is 35.6. The summed E-state index contributed by atoms with van der Waals surface area (Å²) in [5.41, 5.74) is 0. The van der Waals surface area contributed by atoms with Gasteiger partial charge in [0.2, 0.25) is 0 Å². The molecule has 0 N–H and O–H groups in total. The van der Waals surface area contributed by atoms with Gasteiger partial charge in [-0.05, 0) is 44.9 Å². The molecule has 0 atom stereocenters. The van der Waals surface area contributed by atoms with Gasteiger partial charge in [-0.3, -0.25) is 4.79 Å². The second kappa shape index (κ2) is 29.1. The highest BCUT2D eigenvalue weighted by atomic mass is 16.5. The molecular weight excluding hydrogens is 394 g/mol. The summed E-state index contributed by atoms with van der Waals surface area (Å²) in [7, 11) is 6.28. The third-order valence-electron chi connectivity index (χ3n) is 3.93. The average Bonchev–Trinajstić information content (AvgIpc) is 2.78. The number of nitrogens with zero attached hydrogens (tertiary/aromatic N) is 1. The van der Waals surface area contributed by atoms with E-state index in [-0.39, 0.29) is 5.97 Å². The van der Waals surface area contributed by atoms with Gasteiger partial charge in [-0.1, -0.05) is 95.4 Å². The molecule has 0 aromatic rings. The molecular formula is C29H54NO2+. The largest absolute Gasteiger partial charge is 0.460 e. The molecule has 0 aliphatic heterocycles. The number of unbranched alkanes of at least 4 members (excludes halogenated alkanes) is 1. The Kier molecular flexibility index (Phi) is 31.6. The Labute approximate surface area is 201 Å². The lowest BCUT2D eigenvalue weighted by Crippen LogP contribution is -2.37. The molecule has 0 saturated carbocycles. The van der Waals surface area contributed by atoms with E-state index in [1.807, 2.05) is 27.7 Å². The van der Waals surface area contributed by atoms with Crippen LogP contribution in [0.15, 0.2) is 60.8 Å². The van der Waals surface area contributed by atoms with Crippen LogP contribution in [0.1, 0.15) is 86.0 Å². The predicted octanol–water partition coefficient (Wildman–Crippen LogP) is 8.21. The Hall–Kier alpha value is -1.87. The smallest absolute Gasteiger partial charge is 0.306 e. The molecule has 0 aliphatic carbocycles. The summed E-state index contributed by atoms with van der Waals surface area (Å²) < 4.78 is 6.06. The van der Waals surface area contributed by atoms with E-state index in [4.69, 9.17) is 4.74 Å². The zero-order chi connectivity index (χ0) is 24.9. The topological polar surface area (TPSA) is 26.3 Å². The first-order chi connectivity index (χ1) is 15.5. The van der Waals surface area contributed by atoms with Crippen molar-refractivity contribution < 1.29 is 14.0 Å². The summed E-state index contributed by atoms with van der Waals surface area (Å²) in [5.74, 6) is -0.0826. The lowest BCUT2D eigenvalue weighted by molar-refractivity contribution is -0.870. The maximum atomic E-state index is 11.6. The highest BCUT2D eigenvalue weighted by molar-refractivity contribution is 5.69. The van der Waals surface area contributed by atoms with Crippen molar-refractivity contribution in [3.05, 3.63) is 60.8 Å². The number of allylic oxidation sites excluding steroid dienone is 10. The highest BCUT2D eigenvalue weighted by Crippen LogP contribution is 2.01. The molecule has 0 bridgehead atoms. The van der Waals surface area contributed by atoms with Crippen molar-refractivity contribution in [3.8, 4) is 0 Å². The summed E-state index contributed by atoms with van der Waals surface area (Å²) in [6.07, 6.45) is 29.3. The molecule has 186 valence electrons. The zero-order valence-corrected chi connectivity index (χ0v) is 22.6. The Morgan fingerprint density at radius 1 is 0.688 bits per heavy atom. The maximum Gasteiger partial charge on any atom is 0.306 e. The summed E-state index contributed by atoms with van der Waals surface area (Å²) >= 11 is 0. The quantitative estimate of drug-likeness (QED) is 0.103. The van der Waals surface area contributed by atoms with Crippen molar-refractivity contribution in [1.29, 1.82) is 0 Å². The third-order valence-corrected chi connectivity index (χ3v) is 3.93. The fourth-order valence-corrected chi connectivity index (χ4v) is 2.24. The van der Waals surface area contributed by atoms with Crippen molar-refractivity contribution in [3.63, 3.8) is 0 Å². The SMILES string of the molecule is CC.CC.CC/C=C\C/C=C\C/C=C\C/C=C\C/C=C\CCCC(=O)OCC[N+](C)(C)C. The number of ether oxygens (including phenoxy) is 1. The Morgan fingerprint density at radius 3 is 1.50 bits per heavy atom. The van der Waals surface area contributed by atoms with Crippen LogP contribution in [-0.4, -0.2) is 44.7 Å². The maximum absolute atomic E-state index is 11.6. The van der Waals surface area contributed by atoms with Crippen LogP contribution in [0.25, 0.3) is 0 Å². The first-order valence-electron chi connectivity index (χ1n) is 12.7. The van der Waals surface area contributed by atoms with E-state index < -0.39 is 0 Å². The number of hydrogen-bond acceptors (Lipinski definition) is 2.